The molecule has 0 aromatic carbocycles. The number of anilines is 1. The van der Waals surface area contributed by atoms with Crippen molar-refractivity contribution >= 4 is 29.5 Å². The molecule has 0 aliphatic rings. The maximum atomic E-state index is 5.56. The highest BCUT2D eigenvalue weighted by Crippen LogP contribution is 2.18. The topological polar surface area (TPSA) is 67.6 Å². The van der Waals surface area contributed by atoms with Gasteiger partial charge in [-0.2, -0.15) is 0 Å². The highest BCUT2D eigenvalue weighted by Gasteiger charge is 2.01. The maximum absolute atomic E-state index is 5.56. The van der Waals surface area contributed by atoms with Crippen LogP contribution in [-0.4, -0.2) is 15.0 Å². The summed E-state index contributed by atoms with van der Waals surface area (Å²) in [6.07, 6.45) is 1.42. The Hall–Kier alpha value is -1.23. The van der Waals surface area contributed by atoms with Crippen LogP contribution in [0.4, 0.5) is 5.82 Å². The number of nitrogens with two attached hydrogens (primary N) is 1. The lowest BCUT2D eigenvalue weighted by Crippen LogP contribution is -1.90. The summed E-state index contributed by atoms with van der Waals surface area (Å²) < 4.78 is 0. The zero-order valence-corrected chi connectivity index (χ0v) is 6.47. The third kappa shape index (κ3) is 0.932. The van der Waals surface area contributed by atoms with E-state index >= 15 is 0 Å². The van der Waals surface area contributed by atoms with Crippen molar-refractivity contribution in [2.24, 2.45) is 0 Å². The molecule has 5 heteroatoms. The summed E-state index contributed by atoms with van der Waals surface area (Å²) in [7, 11) is 0. The van der Waals surface area contributed by atoms with E-state index in [-0.39, 0.29) is 0 Å². The standard InChI is InChI=1S/C6H6N4S/c7-5-3-1-4(11)10-6(3)9-2-8-5/h1-2,11H,(H3,7,8,9,10). The fraction of sp³-hybridized carbons (Fsp3) is 0. The van der Waals surface area contributed by atoms with Gasteiger partial charge in [0.1, 0.15) is 17.8 Å². The SMILES string of the molecule is Nc1ncnc2[nH]c(S)cc12. The van der Waals surface area contributed by atoms with Crippen LogP contribution in [0.15, 0.2) is 17.4 Å². The minimum absolute atomic E-state index is 0.478. The molecule has 0 radical (unpaired) electrons. The van der Waals surface area contributed by atoms with Crippen molar-refractivity contribution in [3.05, 3.63) is 12.4 Å². The predicted octanol–water partition coefficient (Wildman–Crippen LogP) is 0.829. The number of thiol groups is 1. The van der Waals surface area contributed by atoms with E-state index in [1.165, 1.54) is 6.33 Å². The van der Waals surface area contributed by atoms with Gasteiger partial charge in [-0.15, -0.1) is 12.6 Å². The lowest BCUT2D eigenvalue weighted by atomic mass is 10.4. The average Bonchev–Trinajstić information content (AvgIpc) is 2.31. The van der Waals surface area contributed by atoms with Crippen LogP contribution >= 0.6 is 12.6 Å². The molecule has 0 fully saturated rings. The van der Waals surface area contributed by atoms with Gasteiger partial charge in [-0.05, 0) is 6.07 Å². The summed E-state index contributed by atoms with van der Waals surface area (Å²) >= 11 is 4.11. The van der Waals surface area contributed by atoms with Crippen molar-refractivity contribution in [1.29, 1.82) is 0 Å². The van der Waals surface area contributed by atoms with Gasteiger partial charge < -0.3 is 10.7 Å². The van der Waals surface area contributed by atoms with Crippen LogP contribution in [0.2, 0.25) is 0 Å². The van der Waals surface area contributed by atoms with Crippen LogP contribution in [0.5, 0.6) is 0 Å². The van der Waals surface area contributed by atoms with E-state index in [0.717, 1.165) is 16.1 Å². The fourth-order valence-corrected chi connectivity index (χ4v) is 1.18. The zero-order chi connectivity index (χ0) is 7.84. The van der Waals surface area contributed by atoms with E-state index in [4.69, 9.17) is 5.73 Å². The molecular formula is C6H6N4S. The Morgan fingerprint density at radius 3 is 3.00 bits per heavy atom. The maximum Gasteiger partial charge on any atom is 0.143 e. The summed E-state index contributed by atoms with van der Waals surface area (Å²) in [6.45, 7) is 0. The van der Waals surface area contributed by atoms with Gasteiger partial charge in [-0.3, -0.25) is 0 Å². The van der Waals surface area contributed by atoms with Crippen molar-refractivity contribution in [3.8, 4) is 0 Å². The Labute approximate surface area is 68.3 Å². The van der Waals surface area contributed by atoms with Gasteiger partial charge >= 0.3 is 0 Å². The second kappa shape index (κ2) is 2.13. The van der Waals surface area contributed by atoms with Crippen molar-refractivity contribution in [2.45, 2.75) is 5.03 Å². The first-order valence-corrected chi connectivity index (χ1v) is 3.50. The molecule has 0 spiro atoms. The molecule has 4 nitrogen and oxygen atoms in total. The minimum atomic E-state index is 0.478. The molecule has 2 aromatic rings. The third-order valence-corrected chi connectivity index (χ3v) is 1.68. The molecule has 0 aliphatic heterocycles. The number of aromatic amines is 1. The van der Waals surface area contributed by atoms with Crippen molar-refractivity contribution in [3.63, 3.8) is 0 Å². The Morgan fingerprint density at radius 1 is 1.45 bits per heavy atom. The molecular weight excluding hydrogens is 160 g/mol. The largest absolute Gasteiger partial charge is 0.383 e. The normalized spacial score (nSPS) is 10.6. The van der Waals surface area contributed by atoms with Crippen LogP contribution in [0, 0.1) is 0 Å². The fourth-order valence-electron chi connectivity index (χ4n) is 0.945. The molecule has 2 aromatic heterocycles. The number of H-pyrrole nitrogens is 1. The van der Waals surface area contributed by atoms with Crippen molar-refractivity contribution in [2.75, 3.05) is 5.73 Å². The Morgan fingerprint density at radius 2 is 2.27 bits per heavy atom. The smallest absolute Gasteiger partial charge is 0.143 e. The molecule has 0 saturated heterocycles. The summed E-state index contributed by atoms with van der Waals surface area (Å²) in [5, 5.41) is 1.56. The van der Waals surface area contributed by atoms with E-state index in [9.17, 15) is 0 Å². The van der Waals surface area contributed by atoms with Gasteiger partial charge in [0.25, 0.3) is 0 Å². The highest BCUT2D eigenvalue weighted by molar-refractivity contribution is 7.80. The molecule has 0 amide bonds. The van der Waals surface area contributed by atoms with E-state index < -0.39 is 0 Å². The van der Waals surface area contributed by atoms with Crippen LogP contribution in [0.1, 0.15) is 0 Å². The van der Waals surface area contributed by atoms with E-state index in [0.29, 0.717) is 5.82 Å². The molecule has 0 bridgehead atoms. The Kier molecular flexibility index (Phi) is 1.25. The van der Waals surface area contributed by atoms with Gasteiger partial charge in [-0.1, -0.05) is 0 Å². The average molecular weight is 166 g/mol. The first-order chi connectivity index (χ1) is 5.27. The number of rotatable bonds is 0. The number of fused-ring (bicyclic) bond motifs is 1. The van der Waals surface area contributed by atoms with Crippen LogP contribution < -0.4 is 5.73 Å². The molecule has 0 saturated carbocycles. The first kappa shape index (κ1) is 6.48. The second-order valence-corrected chi connectivity index (χ2v) is 2.66. The Balaban J connectivity index is 2.90. The molecule has 2 heterocycles. The van der Waals surface area contributed by atoms with E-state index in [1.54, 1.807) is 6.07 Å². The van der Waals surface area contributed by atoms with Crippen LogP contribution in [0.25, 0.3) is 11.0 Å². The summed E-state index contributed by atoms with van der Waals surface area (Å²) in [5.74, 6) is 0.478. The van der Waals surface area contributed by atoms with Gasteiger partial charge in [-0.25, -0.2) is 9.97 Å². The number of nitrogens with one attached hydrogen (secondary N) is 1. The molecule has 2 rings (SSSR count). The molecule has 0 unspecified atom stereocenters. The quantitative estimate of drug-likeness (QED) is 0.508. The lowest BCUT2D eigenvalue weighted by molar-refractivity contribution is 1.17. The van der Waals surface area contributed by atoms with Gasteiger partial charge in [0.05, 0.1) is 10.4 Å². The number of hydrogen-bond donors (Lipinski definition) is 3. The molecule has 56 valence electrons. The Bertz CT molecular complexity index is 394. The molecule has 0 atom stereocenters. The van der Waals surface area contributed by atoms with Crippen molar-refractivity contribution < 1.29 is 0 Å². The summed E-state index contributed by atoms with van der Waals surface area (Å²) in [4.78, 5) is 10.7. The molecule has 11 heavy (non-hydrogen) atoms. The zero-order valence-electron chi connectivity index (χ0n) is 5.57. The number of nitrogens with zero attached hydrogens (tertiary/aromatic N) is 2. The number of nitrogen functional groups attached to an aromatic ring is 1. The predicted molar refractivity (Wildman–Crippen MR) is 45.6 cm³/mol. The van der Waals surface area contributed by atoms with Crippen molar-refractivity contribution in [1.82, 2.24) is 15.0 Å². The van der Waals surface area contributed by atoms with Gasteiger partial charge in [0.15, 0.2) is 0 Å². The molecule has 0 aliphatic carbocycles. The lowest BCUT2D eigenvalue weighted by Gasteiger charge is -1.90. The third-order valence-electron chi connectivity index (χ3n) is 1.44. The van der Waals surface area contributed by atoms with Gasteiger partial charge in [0, 0.05) is 0 Å². The molecule has 3 N–H and O–H groups in total. The summed E-state index contributed by atoms with van der Waals surface area (Å²) in [6, 6.07) is 1.80. The highest BCUT2D eigenvalue weighted by atomic mass is 32.1. The van der Waals surface area contributed by atoms with E-state index in [1.807, 2.05) is 0 Å². The second-order valence-electron chi connectivity index (χ2n) is 2.18. The van der Waals surface area contributed by atoms with Gasteiger partial charge in [0.2, 0.25) is 0 Å². The van der Waals surface area contributed by atoms with Crippen LogP contribution in [-0.2, 0) is 0 Å². The van der Waals surface area contributed by atoms with E-state index in [2.05, 4.69) is 27.6 Å². The minimum Gasteiger partial charge on any atom is -0.383 e. The monoisotopic (exact) mass is 166 g/mol. The van der Waals surface area contributed by atoms with Crippen LogP contribution in [0.3, 0.4) is 0 Å². The number of hydrogen-bond acceptors (Lipinski definition) is 4. The first-order valence-electron chi connectivity index (χ1n) is 3.05. The number of aromatic nitrogens is 3. The summed E-state index contributed by atoms with van der Waals surface area (Å²) in [5.41, 5.74) is 6.29.